The molecule has 0 rings (SSSR count). The summed E-state index contributed by atoms with van der Waals surface area (Å²) in [5.41, 5.74) is 10.2. The number of hydrogen-bond donors (Lipinski definition) is 6. The van der Waals surface area contributed by atoms with Crippen LogP contribution in [0, 0.1) is 5.41 Å². The van der Waals surface area contributed by atoms with E-state index in [2.05, 4.69) is 5.32 Å². The molecule has 16 heavy (non-hydrogen) atoms. The van der Waals surface area contributed by atoms with E-state index in [1.165, 1.54) is 0 Å². The topological polar surface area (TPSA) is 163 Å². The highest BCUT2D eigenvalue weighted by Gasteiger charge is 2.09. The maximum atomic E-state index is 10.2. The molecule has 0 amide bonds. The zero-order valence-corrected chi connectivity index (χ0v) is 9.06. The maximum Gasteiger partial charge on any atom is 0.320 e. The molecule has 0 aromatic carbocycles. The molecule has 1 unspecified atom stereocenters. The van der Waals surface area contributed by atoms with Crippen LogP contribution in [-0.2, 0) is 9.59 Å². The highest BCUT2D eigenvalue weighted by Crippen LogP contribution is 1.92. The smallest absolute Gasteiger partial charge is 0.320 e. The van der Waals surface area contributed by atoms with Crippen molar-refractivity contribution >= 4 is 17.9 Å². The first-order chi connectivity index (χ1) is 7.27. The standard InChI is InChI=1S/C6H14N4O2.C2H4O2/c7-4(5(11)12)2-1-3-10-6(8)9;1-2(3)4/h4H,1-3,7H2,(H,11,12)(H4,8,9,10);1H3,(H,3,4). The summed E-state index contributed by atoms with van der Waals surface area (Å²) in [6.45, 7) is 1.57. The van der Waals surface area contributed by atoms with E-state index in [4.69, 9.17) is 31.9 Å². The Morgan fingerprint density at radius 3 is 2.19 bits per heavy atom. The van der Waals surface area contributed by atoms with Gasteiger partial charge in [0.05, 0.1) is 0 Å². The molecule has 94 valence electrons. The van der Waals surface area contributed by atoms with Crippen LogP contribution in [0.5, 0.6) is 0 Å². The van der Waals surface area contributed by atoms with Gasteiger partial charge < -0.3 is 27.0 Å². The number of nitrogens with two attached hydrogens (primary N) is 2. The second kappa shape index (κ2) is 9.71. The minimum Gasteiger partial charge on any atom is -0.481 e. The second-order valence-electron chi connectivity index (χ2n) is 2.95. The molecule has 0 aliphatic rings. The minimum atomic E-state index is -1.00. The van der Waals surface area contributed by atoms with E-state index in [-0.39, 0.29) is 5.96 Å². The Kier molecular flexibility index (Phi) is 10.1. The van der Waals surface area contributed by atoms with Gasteiger partial charge in [0, 0.05) is 13.5 Å². The van der Waals surface area contributed by atoms with Crippen molar-refractivity contribution in [2.75, 3.05) is 6.54 Å². The molecule has 1 atom stereocenters. The zero-order valence-electron chi connectivity index (χ0n) is 9.06. The van der Waals surface area contributed by atoms with Gasteiger partial charge in [-0.15, -0.1) is 0 Å². The normalized spacial score (nSPS) is 10.6. The molecule has 8 nitrogen and oxygen atoms in total. The molecule has 0 aliphatic carbocycles. The van der Waals surface area contributed by atoms with Gasteiger partial charge in [0.25, 0.3) is 5.97 Å². The molecule has 8 N–H and O–H groups in total. The molecular weight excluding hydrogens is 216 g/mol. The molecule has 0 fully saturated rings. The van der Waals surface area contributed by atoms with Crippen LogP contribution in [0.2, 0.25) is 0 Å². The van der Waals surface area contributed by atoms with E-state index in [1.807, 2.05) is 0 Å². The third kappa shape index (κ3) is 18.1. The molecule has 0 spiro atoms. The maximum absolute atomic E-state index is 10.2. The number of carboxylic acids is 2. The lowest BCUT2D eigenvalue weighted by Gasteiger charge is -2.06. The van der Waals surface area contributed by atoms with Crippen molar-refractivity contribution in [1.82, 2.24) is 5.32 Å². The summed E-state index contributed by atoms with van der Waals surface area (Å²) in [6.07, 6.45) is 0.975. The van der Waals surface area contributed by atoms with Crippen LogP contribution in [0.4, 0.5) is 0 Å². The molecule has 0 bridgehead atoms. The number of hydrogen-bond acceptors (Lipinski definition) is 4. The van der Waals surface area contributed by atoms with Gasteiger partial charge in [0.1, 0.15) is 6.04 Å². The van der Waals surface area contributed by atoms with E-state index in [1.54, 1.807) is 0 Å². The van der Waals surface area contributed by atoms with Gasteiger partial charge in [-0.05, 0) is 12.8 Å². The van der Waals surface area contributed by atoms with Crippen LogP contribution in [0.15, 0.2) is 0 Å². The van der Waals surface area contributed by atoms with Crippen LogP contribution in [0.3, 0.4) is 0 Å². The third-order valence-corrected chi connectivity index (χ3v) is 1.32. The Morgan fingerprint density at radius 2 is 1.88 bits per heavy atom. The molecule has 8 heteroatoms. The fraction of sp³-hybridized carbons (Fsp3) is 0.625. The van der Waals surface area contributed by atoms with Crippen LogP contribution < -0.4 is 16.8 Å². The van der Waals surface area contributed by atoms with Gasteiger partial charge in [-0.25, -0.2) is 0 Å². The third-order valence-electron chi connectivity index (χ3n) is 1.32. The van der Waals surface area contributed by atoms with Crippen molar-refractivity contribution in [3.05, 3.63) is 0 Å². The van der Waals surface area contributed by atoms with E-state index in [0.717, 1.165) is 6.92 Å². The highest BCUT2D eigenvalue weighted by molar-refractivity contribution is 5.74. The molecule has 0 radical (unpaired) electrons. The number of aliphatic carboxylic acids is 2. The van der Waals surface area contributed by atoms with Gasteiger partial charge in [-0.2, -0.15) is 0 Å². The lowest BCUT2D eigenvalue weighted by atomic mass is 10.2. The van der Waals surface area contributed by atoms with Crippen LogP contribution in [-0.4, -0.2) is 40.7 Å². The first-order valence-corrected chi connectivity index (χ1v) is 4.53. The molecular formula is C8H18N4O4. The molecule has 0 aromatic rings. The second-order valence-corrected chi connectivity index (χ2v) is 2.95. The van der Waals surface area contributed by atoms with Gasteiger partial charge in [-0.3, -0.25) is 15.0 Å². The van der Waals surface area contributed by atoms with Gasteiger partial charge in [0.15, 0.2) is 5.96 Å². The van der Waals surface area contributed by atoms with Crippen LogP contribution in [0.1, 0.15) is 19.8 Å². The zero-order chi connectivity index (χ0) is 13.1. The first kappa shape index (κ1) is 16.6. The van der Waals surface area contributed by atoms with Gasteiger partial charge in [-0.1, -0.05) is 0 Å². The number of nitrogens with one attached hydrogen (secondary N) is 2. The summed E-state index contributed by atoms with van der Waals surface area (Å²) in [6, 6.07) is -0.821. The molecule has 0 saturated heterocycles. The molecule has 0 heterocycles. The van der Waals surface area contributed by atoms with E-state index in [0.29, 0.717) is 19.4 Å². The predicted molar refractivity (Wildman–Crippen MR) is 58.1 cm³/mol. The van der Waals surface area contributed by atoms with Crippen molar-refractivity contribution in [2.24, 2.45) is 11.5 Å². The van der Waals surface area contributed by atoms with Crippen molar-refractivity contribution < 1.29 is 19.8 Å². The van der Waals surface area contributed by atoms with Crippen LogP contribution >= 0.6 is 0 Å². The Bertz CT molecular complexity index is 240. The summed E-state index contributed by atoms with van der Waals surface area (Å²) in [7, 11) is 0. The number of carboxylic acid groups (broad SMARTS) is 2. The van der Waals surface area contributed by atoms with Crippen molar-refractivity contribution in [3.63, 3.8) is 0 Å². The van der Waals surface area contributed by atoms with E-state index >= 15 is 0 Å². The monoisotopic (exact) mass is 234 g/mol. The first-order valence-electron chi connectivity index (χ1n) is 4.53. The van der Waals surface area contributed by atoms with Gasteiger partial charge in [0.2, 0.25) is 0 Å². The summed E-state index contributed by atoms with van der Waals surface area (Å²) in [5, 5.41) is 25.1. The van der Waals surface area contributed by atoms with Crippen molar-refractivity contribution in [1.29, 1.82) is 5.41 Å². The molecule has 0 aliphatic heterocycles. The quantitative estimate of drug-likeness (QED) is 0.196. The largest absolute Gasteiger partial charge is 0.481 e. The summed E-state index contributed by atoms with van der Waals surface area (Å²) < 4.78 is 0. The lowest BCUT2D eigenvalue weighted by Crippen LogP contribution is -2.34. The summed E-state index contributed by atoms with van der Waals surface area (Å²) in [4.78, 5) is 19.2. The van der Waals surface area contributed by atoms with E-state index in [9.17, 15) is 4.79 Å². The number of guanidine groups is 1. The SMILES string of the molecule is CC(=O)O.N=C(N)NCCCC(N)C(=O)O. The van der Waals surface area contributed by atoms with Crippen molar-refractivity contribution in [2.45, 2.75) is 25.8 Å². The summed E-state index contributed by atoms with van der Waals surface area (Å²) in [5.74, 6) is -1.95. The fourth-order valence-electron chi connectivity index (χ4n) is 0.669. The predicted octanol–water partition coefficient (Wildman–Crippen LogP) is -1.25. The fourth-order valence-corrected chi connectivity index (χ4v) is 0.669. The highest BCUT2D eigenvalue weighted by atomic mass is 16.4. The molecule has 0 aromatic heterocycles. The Hall–Kier alpha value is -1.83. The van der Waals surface area contributed by atoms with Crippen LogP contribution in [0.25, 0.3) is 0 Å². The van der Waals surface area contributed by atoms with Crippen molar-refractivity contribution in [3.8, 4) is 0 Å². The van der Waals surface area contributed by atoms with E-state index < -0.39 is 18.0 Å². The number of rotatable bonds is 5. The number of carbonyl (C=O) groups is 2. The van der Waals surface area contributed by atoms with Gasteiger partial charge >= 0.3 is 5.97 Å². The lowest BCUT2D eigenvalue weighted by molar-refractivity contribution is -0.138. The Balaban J connectivity index is 0. The Labute approximate surface area is 93.1 Å². The molecule has 0 saturated carbocycles. The minimum absolute atomic E-state index is 0.112. The Morgan fingerprint density at radius 1 is 1.44 bits per heavy atom. The average molecular weight is 234 g/mol. The summed E-state index contributed by atoms with van der Waals surface area (Å²) >= 11 is 0. The average Bonchev–Trinajstić information content (AvgIpc) is 2.10.